The molecule has 0 N–H and O–H groups in total. The molecule has 0 aromatic heterocycles. The van der Waals surface area contributed by atoms with Crippen molar-refractivity contribution in [2.45, 2.75) is 72.8 Å². The van der Waals surface area contributed by atoms with Crippen molar-refractivity contribution < 1.29 is 40.8 Å². The monoisotopic (exact) mass is 860 g/mol. The molecule has 0 amide bonds. The summed E-state index contributed by atoms with van der Waals surface area (Å²) in [6.07, 6.45) is 0. The van der Waals surface area contributed by atoms with E-state index in [9.17, 15) is 5.11 Å². The van der Waals surface area contributed by atoms with Crippen molar-refractivity contribution in [1.29, 1.82) is 0 Å². The number of hydrogen-bond acceptors (Lipinski definition) is 1. The van der Waals surface area contributed by atoms with Crippen LogP contribution in [0, 0.1) is 13.8 Å². The predicted molar refractivity (Wildman–Crippen MR) is 240 cm³/mol. The number of aryl methyl sites for hydroxylation is 2. The molecule has 0 radical (unpaired) electrons. The second-order valence-corrected chi connectivity index (χ2v) is 24.0. The molecule has 0 spiro atoms. The molecular formula is C53H55ClOSiZr-2. The van der Waals surface area contributed by atoms with Crippen LogP contribution in [0.1, 0.15) is 63.8 Å². The van der Waals surface area contributed by atoms with Crippen molar-refractivity contribution in [3.05, 3.63) is 192 Å². The zero-order valence-electron chi connectivity index (χ0n) is 35.0. The van der Waals surface area contributed by atoms with Crippen molar-refractivity contribution in [2.24, 2.45) is 0 Å². The van der Waals surface area contributed by atoms with Crippen LogP contribution in [0.3, 0.4) is 0 Å². The summed E-state index contributed by atoms with van der Waals surface area (Å²) in [6.45, 7) is 19.4. The van der Waals surface area contributed by atoms with Crippen molar-refractivity contribution >= 4 is 32.2 Å². The second-order valence-electron chi connectivity index (χ2n) is 16.6. The molecule has 0 bridgehead atoms. The minimum absolute atomic E-state index is 0. The normalized spacial score (nSPS) is 10.9. The van der Waals surface area contributed by atoms with Gasteiger partial charge in [-0.05, 0) is 27.5 Å². The summed E-state index contributed by atoms with van der Waals surface area (Å²) in [4.78, 5) is 0. The Morgan fingerprint density at radius 2 is 0.930 bits per heavy atom. The Bertz CT molecular complexity index is 2370. The van der Waals surface area contributed by atoms with Gasteiger partial charge in [0.2, 0.25) is 0 Å². The third-order valence-corrected chi connectivity index (χ3v) is 13.1. The largest absolute Gasteiger partial charge is 1.00 e. The van der Waals surface area contributed by atoms with Gasteiger partial charge in [-0.3, -0.25) is 0 Å². The summed E-state index contributed by atoms with van der Waals surface area (Å²) in [5.74, 6) is 0.149. The molecule has 8 aromatic rings. The summed E-state index contributed by atoms with van der Waals surface area (Å²) in [5, 5.41) is 18.7. The van der Waals surface area contributed by atoms with Crippen LogP contribution in [-0.4, -0.2) is 5.43 Å². The first-order chi connectivity index (χ1) is 26.6. The third kappa shape index (κ3) is 12.6. The van der Waals surface area contributed by atoms with Crippen LogP contribution in [0.2, 0.25) is 6.55 Å². The summed E-state index contributed by atoms with van der Waals surface area (Å²) in [6, 6.07) is 59.6. The quantitative estimate of drug-likeness (QED) is 0.128. The van der Waals surface area contributed by atoms with Crippen molar-refractivity contribution in [3.8, 4) is 28.0 Å². The number of rotatable bonds is 3. The van der Waals surface area contributed by atoms with Gasteiger partial charge in [-0.2, -0.15) is 12.1 Å². The van der Waals surface area contributed by atoms with Crippen LogP contribution in [-0.2, 0) is 34.2 Å². The molecule has 0 atom stereocenters. The van der Waals surface area contributed by atoms with Crippen LogP contribution >= 0.6 is 0 Å². The van der Waals surface area contributed by atoms with E-state index >= 15 is 0 Å². The number of hydrogen-bond donors (Lipinski definition) is 0. The Kier molecular flexibility index (Phi) is 16.3. The SMILES string of the molecule is CC(C)(C)c1ccc([O-])c(C(C)(C)C)c1.C[Si](=[Zr+2])c1ccccc1.Cc1cc2c(-c3ccccc3)cccc2[cH-]1.Cc1cc2c(-c3ccccc3)cccc2[cH-]1.[Cl-]. The minimum Gasteiger partial charge on any atom is -1.00 e. The standard InChI is InChI=1S/2C16H13.C14H22O.C7H8Si.ClH.Zr/c2*1-12-10-14-8-5-9-15(16(14)11-12)13-6-3-2-4-7-13;1-13(2,3)10-7-8-12(15)11(9-10)14(4,5)6;1-8-7-5-3-2-4-6-7;;/h2*2-11H,1H3;7-9,15H,1-6H3;2-6H,1H3;1H;/q2*-1;;;;+2/p-2. The Morgan fingerprint density at radius 3 is 1.30 bits per heavy atom. The van der Waals surface area contributed by atoms with Gasteiger partial charge in [-0.25, -0.2) is 0 Å². The van der Waals surface area contributed by atoms with Crippen LogP contribution in [0.25, 0.3) is 43.8 Å². The van der Waals surface area contributed by atoms with E-state index in [1.165, 1.54) is 60.5 Å². The molecule has 0 aliphatic heterocycles. The second kappa shape index (κ2) is 20.4. The fraction of sp³-hybridized carbons (Fsp3) is 0.208. The zero-order chi connectivity index (χ0) is 40.5. The van der Waals surface area contributed by atoms with E-state index in [4.69, 9.17) is 0 Å². The van der Waals surface area contributed by atoms with E-state index in [-0.39, 0.29) is 34.4 Å². The van der Waals surface area contributed by atoms with Gasteiger partial charge in [0.1, 0.15) is 0 Å². The molecule has 1 nitrogen and oxygen atoms in total. The Morgan fingerprint density at radius 1 is 0.509 bits per heavy atom. The van der Waals surface area contributed by atoms with Crippen molar-refractivity contribution in [2.75, 3.05) is 0 Å². The molecule has 0 fully saturated rings. The van der Waals surface area contributed by atoms with Gasteiger partial charge in [0.15, 0.2) is 0 Å². The first-order valence-corrected chi connectivity index (χ1v) is 25.2. The van der Waals surface area contributed by atoms with Gasteiger partial charge in [0.25, 0.3) is 0 Å². The van der Waals surface area contributed by atoms with Crippen molar-refractivity contribution in [3.63, 3.8) is 0 Å². The van der Waals surface area contributed by atoms with Gasteiger partial charge in [0.05, 0.1) is 0 Å². The molecule has 8 aromatic carbocycles. The maximum Gasteiger partial charge on any atom is -0.0279 e. The third-order valence-electron chi connectivity index (χ3n) is 9.82. The number of benzene rings is 6. The van der Waals surface area contributed by atoms with Crippen LogP contribution < -0.4 is 22.7 Å². The molecule has 57 heavy (non-hydrogen) atoms. The van der Waals surface area contributed by atoms with E-state index < -0.39 is 0 Å². The molecule has 0 saturated heterocycles. The van der Waals surface area contributed by atoms with Crippen molar-refractivity contribution in [1.82, 2.24) is 0 Å². The van der Waals surface area contributed by atoms with E-state index in [2.05, 4.69) is 220 Å². The van der Waals surface area contributed by atoms with E-state index in [1.54, 1.807) is 34.6 Å². The van der Waals surface area contributed by atoms with Gasteiger partial charge >= 0.3 is 70.8 Å². The first-order valence-electron chi connectivity index (χ1n) is 19.5. The number of halogens is 1. The van der Waals surface area contributed by atoms with Gasteiger partial charge in [-0.1, -0.05) is 163 Å². The molecule has 290 valence electrons. The van der Waals surface area contributed by atoms with E-state index in [1.807, 2.05) is 6.07 Å². The van der Waals surface area contributed by atoms with Gasteiger partial charge in [0, 0.05) is 0 Å². The maximum atomic E-state index is 11.7. The van der Waals surface area contributed by atoms with Crippen LogP contribution in [0.5, 0.6) is 5.75 Å². The maximum absolute atomic E-state index is 11.7. The van der Waals surface area contributed by atoms with Crippen LogP contribution in [0.15, 0.2) is 170 Å². The fourth-order valence-electron chi connectivity index (χ4n) is 6.78. The molecular weight excluding hydrogens is 807 g/mol. The summed E-state index contributed by atoms with van der Waals surface area (Å²) < 4.78 is 0. The van der Waals surface area contributed by atoms with Gasteiger partial charge in [-0.15, -0.1) is 74.8 Å². The van der Waals surface area contributed by atoms with Gasteiger partial charge < -0.3 is 17.5 Å². The Labute approximate surface area is 363 Å². The van der Waals surface area contributed by atoms with Crippen LogP contribution in [0.4, 0.5) is 0 Å². The number of fused-ring (bicyclic) bond motifs is 2. The first kappa shape index (κ1) is 45.4. The predicted octanol–water partition coefficient (Wildman–Crippen LogP) is 10.5. The molecule has 0 saturated carbocycles. The Balaban J connectivity index is 0.000000171. The van der Waals surface area contributed by atoms with E-state index in [0.717, 1.165) is 5.56 Å². The van der Waals surface area contributed by atoms with E-state index in [0.29, 0.717) is 0 Å². The molecule has 0 aliphatic carbocycles. The molecule has 0 heterocycles. The average molecular weight is 863 g/mol. The topological polar surface area (TPSA) is 23.1 Å². The average Bonchev–Trinajstić information content (AvgIpc) is 3.76. The molecule has 8 rings (SSSR count). The molecule has 0 unspecified atom stereocenters. The molecule has 0 aliphatic rings. The molecule has 4 heteroatoms. The smallest absolute Gasteiger partial charge is 0.0279 e. The summed E-state index contributed by atoms with van der Waals surface area (Å²) >= 11 is 1.69. The Hall–Kier alpha value is -4.27. The summed E-state index contributed by atoms with van der Waals surface area (Å²) in [5.41, 5.74) is 9.95. The zero-order valence-corrected chi connectivity index (χ0v) is 39.2. The minimum atomic E-state index is -0.122. The fourth-order valence-corrected chi connectivity index (χ4v) is 8.70. The summed E-state index contributed by atoms with van der Waals surface area (Å²) in [7, 11) is 0.